The normalized spacial score (nSPS) is 11.6. The molecule has 6 heteroatoms. The monoisotopic (exact) mass is 281 g/mol. The molecular weight excluding hydrogens is 261 g/mol. The van der Waals surface area contributed by atoms with Crippen LogP contribution in [-0.4, -0.2) is 34.5 Å². The van der Waals surface area contributed by atoms with Gasteiger partial charge in [-0.3, -0.25) is 0 Å². The minimum Gasteiger partial charge on any atom is -0.353 e. The number of fused-ring (bicyclic) bond motifs is 1. The number of aromatic amines is 1. The molecule has 0 bridgehead atoms. The van der Waals surface area contributed by atoms with Crippen molar-refractivity contribution in [2.24, 2.45) is 0 Å². The van der Waals surface area contributed by atoms with Crippen molar-refractivity contribution in [3.05, 3.63) is 23.9 Å². The number of aromatic nitrogens is 3. The molecule has 2 aromatic rings. The van der Waals surface area contributed by atoms with Crippen LogP contribution in [0.1, 0.15) is 32.5 Å². The highest BCUT2D eigenvalue weighted by Gasteiger charge is 2.09. The molecule has 20 heavy (non-hydrogen) atoms. The van der Waals surface area contributed by atoms with Gasteiger partial charge in [0.05, 0.1) is 5.52 Å². The number of imidazole rings is 1. The molecule has 2 aromatic heterocycles. The van der Waals surface area contributed by atoms with Crippen LogP contribution in [0.4, 0.5) is 4.39 Å². The van der Waals surface area contributed by atoms with Gasteiger partial charge in [-0.2, -0.15) is 9.37 Å². The topological polar surface area (TPSA) is 60.0 Å². The summed E-state index contributed by atoms with van der Waals surface area (Å²) in [6, 6.07) is 2.97. The van der Waals surface area contributed by atoms with Crippen LogP contribution >= 0.6 is 0 Å². The summed E-state index contributed by atoms with van der Waals surface area (Å²) in [6.07, 6.45) is 2.28. The number of ether oxygens (including phenoxy) is 2. The first-order valence-electron chi connectivity index (χ1n) is 6.97. The Labute approximate surface area is 117 Å². The zero-order valence-corrected chi connectivity index (χ0v) is 11.9. The molecule has 0 aliphatic rings. The van der Waals surface area contributed by atoms with E-state index in [1.54, 1.807) is 6.07 Å². The van der Waals surface area contributed by atoms with Crippen molar-refractivity contribution in [3.63, 3.8) is 0 Å². The molecule has 0 amide bonds. The van der Waals surface area contributed by atoms with Gasteiger partial charge in [0, 0.05) is 19.6 Å². The smallest absolute Gasteiger partial charge is 0.215 e. The summed E-state index contributed by atoms with van der Waals surface area (Å²) in [5.74, 6) is 0.299. The molecule has 0 unspecified atom stereocenters. The number of halogens is 1. The number of hydrogen-bond acceptors (Lipinski definition) is 4. The molecule has 2 rings (SSSR count). The van der Waals surface area contributed by atoms with Crippen LogP contribution in [0.3, 0.4) is 0 Å². The summed E-state index contributed by atoms with van der Waals surface area (Å²) in [5.41, 5.74) is 1.18. The Kier molecular flexibility index (Phi) is 5.43. The summed E-state index contributed by atoms with van der Waals surface area (Å²) < 4.78 is 23.9. The first-order chi connectivity index (χ1) is 9.72. The van der Waals surface area contributed by atoms with Gasteiger partial charge in [-0.05, 0) is 38.8 Å². The van der Waals surface area contributed by atoms with Gasteiger partial charge in [0.2, 0.25) is 5.95 Å². The van der Waals surface area contributed by atoms with Crippen LogP contribution < -0.4 is 0 Å². The number of pyridine rings is 1. The predicted octanol–water partition coefficient (Wildman–Crippen LogP) is 2.82. The summed E-state index contributed by atoms with van der Waals surface area (Å²) in [7, 11) is 0. The Bertz CT molecular complexity index is 538. The van der Waals surface area contributed by atoms with E-state index in [0.717, 1.165) is 30.6 Å². The van der Waals surface area contributed by atoms with Crippen molar-refractivity contribution in [2.45, 2.75) is 39.4 Å². The van der Waals surface area contributed by atoms with Gasteiger partial charge in [0.1, 0.15) is 5.82 Å². The maximum atomic E-state index is 13.0. The highest BCUT2D eigenvalue weighted by molar-refractivity contribution is 5.69. The van der Waals surface area contributed by atoms with Crippen molar-refractivity contribution in [1.82, 2.24) is 15.0 Å². The zero-order valence-electron chi connectivity index (χ0n) is 11.9. The van der Waals surface area contributed by atoms with E-state index in [1.165, 1.54) is 6.07 Å². The van der Waals surface area contributed by atoms with Crippen LogP contribution in [0.15, 0.2) is 12.1 Å². The molecule has 0 saturated heterocycles. The zero-order chi connectivity index (χ0) is 14.4. The van der Waals surface area contributed by atoms with E-state index < -0.39 is 5.95 Å². The van der Waals surface area contributed by atoms with Gasteiger partial charge in [0.25, 0.3) is 0 Å². The summed E-state index contributed by atoms with van der Waals surface area (Å²) in [4.78, 5) is 11.2. The van der Waals surface area contributed by atoms with Crippen LogP contribution in [0, 0.1) is 5.95 Å². The fourth-order valence-electron chi connectivity index (χ4n) is 2.06. The van der Waals surface area contributed by atoms with E-state index in [1.807, 2.05) is 13.8 Å². The standard InChI is InChI=1S/C14H20FN3O2/c1-3-19-13(20-4-2)7-5-6-12-16-10-8-9-11(15)17-14(10)18-12/h8-9,13H,3-7H2,1-2H3,(H,16,17,18). The largest absolute Gasteiger partial charge is 0.353 e. The average molecular weight is 281 g/mol. The van der Waals surface area contributed by atoms with Crippen molar-refractivity contribution >= 4 is 11.2 Å². The fraction of sp³-hybridized carbons (Fsp3) is 0.571. The lowest BCUT2D eigenvalue weighted by Gasteiger charge is -2.16. The van der Waals surface area contributed by atoms with E-state index in [9.17, 15) is 4.39 Å². The van der Waals surface area contributed by atoms with Crippen molar-refractivity contribution in [2.75, 3.05) is 13.2 Å². The molecule has 0 aromatic carbocycles. The SMILES string of the molecule is CCOC(CCCc1nc2nc(F)ccc2[nH]1)OCC. The third-order valence-corrected chi connectivity index (χ3v) is 2.92. The van der Waals surface area contributed by atoms with Gasteiger partial charge in [-0.1, -0.05) is 0 Å². The molecule has 0 spiro atoms. The number of nitrogens with one attached hydrogen (secondary N) is 1. The molecule has 0 saturated carbocycles. The molecule has 5 nitrogen and oxygen atoms in total. The van der Waals surface area contributed by atoms with Gasteiger partial charge < -0.3 is 14.5 Å². The Morgan fingerprint density at radius 2 is 1.95 bits per heavy atom. The molecule has 0 radical (unpaired) electrons. The minimum atomic E-state index is -0.511. The molecule has 0 atom stereocenters. The quantitative estimate of drug-likeness (QED) is 0.597. The first kappa shape index (κ1) is 14.9. The van der Waals surface area contributed by atoms with Gasteiger partial charge in [-0.15, -0.1) is 0 Å². The highest BCUT2D eigenvalue weighted by atomic mass is 19.1. The molecule has 0 aliphatic carbocycles. The van der Waals surface area contributed by atoms with Gasteiger partial charge >= 0.3 is 0 Å². The van der Waals surface area contributed by atoms with Crippen LogP contribution in [0.25, 0.3) is 11.2 Å². The van der Waals surface area contributed by atoms with Gasteiger partial charge in [0.15, 0.2) is 11.9 Å². The van der Waals surface area contributed by atoms with Crippen LogP contribution in [0.5, 0.6) is 0 Å². The second-order valence-electron chi connectivity index (χ2n) is 4.42. The second-order valence-corrected chi connectivity index (χ2v) is 4.42. The molecule has 2 heterocycles. The molecule has 110 valence electrons. The highest BCUT2D eigenvalue weighted by Crippen LogP contribution is 2.12. The first-order valence-corrected chi connectivity index (χ1v) is 6.97. The summed E-state index contributed by atoms with van der Waals surface area (Å²) in [5, 5.41) is 0. The summed E-state index contributed by atoms with van der Waals surface area (Å²) >= 11 is 0. The second kappa shape index (κ2) is 7.31. The molecule has 1 N–H and O–H groups in total. The third kappa shape index (κ3) is 3.98. The number of hydrogen-bond donors (Lipinski definition) is 1. The number of H-pyrrole nitrogens is 1. The molecule has 0 aliphatic heterocycles. The van der Waals surface area contributed by atoms with E-state index in [-0.39, 0.29) is 6.29 Å². The van der Waals surface area contributed by atoms with Gasteiger partial charge in [-0.25, -0.2) is 4.98 Å². The maximum Gasteiger partial charge on any atom is 0.215 e. The molecule has 0 fully saturated rings. The molecular formula is C14H20FN3O2. The fourth-order valence-corrected chi connectivity index (χ4v) is 2.06. The number of aryl methyl sites for hydroxylation is 1. The lowest BCUT2D eigenvalue weighted by atomic mass is 10.2. The van der Waals surface area contributed by atoms with E-state index in [2.05, 4.69) is 15.0 Å². The third-order valence-electron chi connectivity index (χ3n) is 2.92. The van der Waals surface area contributed by atoms with E-state index in [0.29, 0.717) is 18.9 Å². The average Bonchev–Trinajstić information content (AvgIpc) is 2.81. The van der Waals surface area contributed by atoms with Crippen molar-refractivity contribution in [3.8, 4) is 0 Å². The lowest BCUT2D eigenvalue weighted by molar-refractivity contribution is -0.140. The van der Waals surface area contributed by atoms with Crippen LogP contribution in [0.2, 0.25) is 0 Å². The Balaban J connectivity index is 1.88. The summed E-state index contributed by atoms with van der Waals surface area (Å²) in [6.45, 7) is 5.17. The minimum absolute atomic E-state index is 0.162. The van der Waals surface area contributed by atoms with Crippen molar-refractivity contribution < 1.29 is 13.9 Å². The number of rotatable bonds is 8. The van der Waals surface area contributed by atoms with E-state index in [4.69, 9.17) is 9.47 Å². The lowest BCUT2D eigenvalue weighted by Crippen LogP contribution is -2.17. The van der Waals surface area contributed by atoms with Crippen molar-refractivity contribution in [1.29, 1.82) is 0 Å². The predicted molar refractivity (Wildman–Crippen MR) is 73.8 cm³/mol. The Morgan fingerprint density at radius 1 is 1.20 bits per heavy atom. The Morgan fingerprint density at radius 3 is 2.65 bits per heavy atom. The number of nitrogens with zero attached hydrogens (tertiary/aromatic N) is 2. The van der Waals surface area contributed by atoms with E-state index >= 15 is 0 Å². The van der Waals surface area contributed by atoms with Crippen LogP contribution in [-0.2, 0) is 15.9 Å². The Hall–Kier alpha value is -1.53. The maximum absolute atomic E-state index is 13.0.